The van der Waals surface area contributed by atoms with Crippen molar-refractivity contribution in [2.75, 3.05) is 0 Å². The van der Waals surface area contributed by atoms with Crippen LogP contribution in [0.1, 0.15) is 36.0 Å². The van der Waals surface area contributed by atoms with E-state index in [1.165, 1.54) is 0 Å². The molecule has 19 heavy (non-hydrogen) atoms. The molecule has 4 nitrogen and oxygen atoms in total. The van der Waals surface area contributed by atoms with Crippen LogP contribution < -0.4 is 16.0 Å². The second-order valence-electron chi connectivity index (χ2n) is 4.94. The Balaban J connectivity index is 1.85. The average molecular weight is 258 g/mol. The van der Waals surface area contributed by atoms with Crippen LogP contribution in [-0.2, 0) is 0 Å². The van der Waals surface area contributed by atoms with Crippen LogP contribution in [0.25, 0.3) is 0 Å². The number of hydrazine groups is 1. The van der Waals surface area contributed by atoms with Crippen LogP contribution in [0.3, 0.4) is 0 Å². The van der Waals surface area contributed by atoms with Gasteiger partial charge in [-0.2, -0.15) is 0 Å². The Kier molecular flexibility index (Phi) is 3.27. The van der Waals surface area contributed by atoms with E-state index < -0.39 is 0 Å². The first-order valence-electron chi connectivity index (χ1n) is 6.55. The molecule has 0 radical (unpaired) electrons. The van der Waals surface area contributed by atoms with Crippen LogP contribution in [0, 0.1) is 6.92 Å². The highest BCUT2D eigenvalue weighted by molar-refractivity contribution is 5.34. The summed E-state index contributed by atoms with van der Waals surface area (Å²) < 4.78 is 11.4. The van der Waals surface area contributed by atoms with Crippen molar-refractivity contribution in [2.45, 2.75) is 31.9 Å². The monoisotopic (exact) mass is 258 g/mol. The highest BCUT2D eigenvalue weighted by Crippen LogP contribution is 2.30. The first-order chi connectivity index (χ1) is 9.26. The molecule has 0 saturated heterocycles. The second-order valence-corrected chi connectivity index (χ2v) is 4.94. The van der Waals surface area contributed by atoms with Crippen LogP contribution in [0.15, 0.2) is 40.8 Å². The van der Waals surface area contributed by atoms with Crippen molar-refractivity contribution in [2.24, 2.45) is 5.84 Å². The largest absolute Gasteiger partial charge is 0.490 e. The van der Waals surface area contributed by atoms with Gasteiger partial charge in [-0.25, -0.2) is 5.43 Å². The lowest BCUT2D eigenvalue weighted by Crippen LogP contribution is -2.28. The van der Waals surface area contributed by atoms with Gasteiger partial charge in [0.25, 0.3) is 0 Å². The zero-order valence-electron chi connectivity index (χ0n) is 10.9. The second kappa shape index (κ2) is 5.07. The maximum absolute atomic E-state index is 5.80. The zero-order valence-corrected chi connectivity index (χ0v) is 10.9. The number of rotatable bonds is 5. The van der Waals surface area contributed by atoms with Gasteiger partial charge in [0.1, 0.15) is 23.3 Å². The molecule has 1 heterocycles. The van der Waals surface area contributed by atoms with Gasteiger partial charge in [0.15, 0.2) is 0 Å². The average Bonchev–Trinajstić information content (AvgIpc) is 3.12. The summed E-state index contributed by atoms with van der Waals surface area (Å²) in [6.45, 7) is 1.92. The van der Waals surface area contributed by atoms with Gasteiger partial charge in [-0.15, -0.1) is 0 Å². The summed E-state index contributed by atoms with van der Waals surface area (Å²) in [5.41, 5.74) is 3.83. The minimum absolute atomic E-state index is 0.156. The Hall–Kier alpha value is -1.78. The molecule has 100 valence electrons. The fourth-order valence-corrected chi connectivity index (χ4v) is 2.10. The fraction of sp³-hybridized carbons (Fsp3) is 0.333. The van der Waals surface area contributed by atoms with Crippen molar-refractivity contribution >= 4 is 0 Å². The van der Waals surface area contributed by atoms with Crippen molar-refractivity contribution in [1.29, 1.82) is 0 Å². The van der Waals surface area contributed by atoms with Gasteiger partial charge in [0.05, 0.1) is 6.10 Å². The van der Waals surface area contributed by atoms with E-state index in [0.29, 0.717) is 6.10 Å². The van der Waals surface area contributed by atoms with E-state index in [2.05, 4.69) is 5.43 Å². The molecule has 1 aliphatic carbocycles. The summed E-state index contributed by atoms with van der Waals surface area (Å²) in [5, 5.41) is 0. The third kappa shape index (κ3) is 2.80. The molecular formula is C15H18N2O2. The molecular weight excluding hydrogens is 240 g/mol. The number of nitrogens with two attached hydrogens (primary N) is 1. The van der Waals surface area contributed by atoms with E-state index in [1.807, 2.05) is 43.3 Å². The molecule has 4 heteroatoms. The van der Waals surface area contributed by atoms with Crippen molar-refractivity contribution < 1.29 is 9.15 Å². The number of nitrogens with one attached hydrogen (secondary N) is 1. The van der Waals surface area contributed by atoms with Crippen molar-refractivity contribution in [3.8, 4) is 5.75 Å². The Bertz CT molecular complexity index is 561. The van der Waals surface area contributed by atoms with Gasteiger partial charge in [-0.1, -0.05) is 12.1 Å². The number of aryl methyl sites for hydroxylation is 1. The molecule has 0 spiro atoms. The molecule has 1 saturated carbocycles. The third-order valence-corrected chi connectivity index (χ3v) is 3.23. The molecule has 1 aromatic heterocycles. The minimum Gasteiger partial charge on any atom is -0.490 e. The lowest BCUT2D eigenvalue weighted by molar-refractivity contribution is 0.302. The number of furan rings is 1. The van der Waals surface area contributed by atoms with E-state index >= 15 is 0 Å². The van der Waals surface area contributed by atoms with E-state index in [9.17, 15) is 0 Å². The van der Waals surface area contributed by atoms with Crippen LogP contribution in [-0.4, -0.2) is 6.10 Å². The maximum Gasteiger partial charge on any atom is 0.126 e. The molecule has 0 aliphatic heterocycles. The Labute approximate surface area is 112 Å². The molecule has 0 amide bonds. The van der Waals surface area contributed by atoms with Gasteiger partial charge in [-0.3, -0.25) is 5.84 Å². The molecule has 2 aromatic rings. The standard InChI is InChI=1S/C15H18N2O2/c1-10-5-8-14(18-10)15(17-16)11-3-2-4-13(9-11)19-12-6-7-12/h2-5,8-9,12,15,17H,6-7,16H2,1H3. The molecule has 1 atom stereocenters. The Morgan fingerprint density at radius 1 is 1.32 bits per heavy atom. The molecule has 1 unspecified atom stereocenters. The van der Waals surface area contributed by atoms with E-state index in [1.54, 1.807) is 0 Å². The lowest BCUT2D eigenvalue weighted by atomic mass is 10.1. The van der Waals surface area contributed by atoms with Crippen molar-refractivity contribution in [3.63, 3.8) is 0 Å². The first-order valence-corrected chi connectivity index (χ1v) is 6.55. The summed E-state index contributed by atoms with van der Waals surface area (Å²) in [6, 6.07) is 11.7. The number of hydrogen-bond acceptors (Lipinski definition) is 4. The summed E-state index contributed by atoms with van der Waals surface area (Å²) in [7, 11) is 0. The predicted octanol–water partition coefficient (Wildman–Crippen LogP) is 2.68. The summed E-state index contributed by atoms with van der Waals surface area (Å²) in [6.07, 6.45) is 2.70. The van der Waals surface area contributed by atoms with Crippen LogP contribution in [0.2, 0.25) is 0 Å². The minimum atomic E-state index is -0.156. The lowest BCUT2D eigenvalue weighted by Gasteiger charge is -2.15. The van der Waals surface area contributed by atoms with E-state index in [-0.39, 0.29) is 6.04 Å². The molecule has 1 aromatic carbocycles. The van der Waals surface area contributed by atoms with E-state index in [0.717, 1.165) is 35.7 Å². The zero-order chi connectivity index (χ0) is 13.2. The Morgan fingerprint density at radius 2 is 2.16 bits per heavy atom. The van der Waals surface area contributed by atoms with E-state index in [4.69, 9.17) is 15.0 Å². The van der Waals surface area contributed by atoms with Gasteiger partial charge in [0.2, 0.25) is 0 Å². The normalized spacial score (nSPS) is 16.3. The van der Waals surface area contributed by atoms with Crippen molar-refractivity contribution in [3.05, 3.63) is 53.5 Å². The number of benzene rings is 1. The van der Waals surface area contributed by atoms with Crippen molar-refractivity contribution in [1.82, 2.24) is 5.43 Å². The predicted molar refractivity (Wildman–Crippen MR) is 72.7 cm³/mol. The molecule has 1 fully saturated rings. The fourth-order valence-electron chi connectivity index (χ4n) is 2.10. The molecule has 1 aliphatic rings. The quantitative estimate of drug-likeness (QED) is 0.639. The smallest absolute Gasteiger partial charge is 0.126 e. The molecule has 3 N–H and O–H groups in total. The van der Waals surface area contributed by atoms with Crippen LogP contribution >= 0.6 is 0 Å². The third-order valence-electron chi connectivity index (χ3n) is 3.23. The number of ether oxygens (including phenoxy) is 1. The van der Waals surface area contributed by atoms with Gasteiger partial charge in [0, 0.05) is 0 Å². The van der Waals surface area contributed by atoms with Gasteiger partial charge < -0.3 is 9.15 Å². The summed E-state index contributed by atoms with van der Waals surface area (Å²) in [5.74, 6) is 8.24. The molecule has 3 rings (SSSR count). The highest BCUT2D eigenvalue weighted by Gasteiger charge is 2.24. The Morgan fingerprint density at radius 3 is 2.79 bits per heavy atom. The summed E-state index contributed by atoms with van der Waals surface area (Å²) >= 11 is 0. The van der Waals surface area contributed by atoms with Gasteiger partial charge in [-0.05, 0) is 49.6 Å². The highest BCUT2D eigenvalue weighted by atomic mass is 16.5. The van der Waals surface area contributed by atoms with Crippen LogP contribution in [0.5, 0.6) is 5.75 Å². The number of hydrogen-bond donors (Lipinski definition) is 2. The SMILES string of the molecule is Cc1ccc(C(NN)c2cccc(OC3CC3)c2)o1. The topological polar surface area (TPSA) is 60.4 Å². The summed E-state index contributed by atoms with van der Waals surface area (Å²) in [4.78, 5) is 0. The maximum atomic E-state index is 5.80. The molecule has 0 bridgehead atoms. The van der Waals surface area contributed by atoms with Gasteiger partial charge >= 0.3 is 0 Å². The van der Waals surface area contributed by atoms with Crippen LogP contribution in [0.4, 0.5) is 0 Å². The first kappa shape index (κ1) is 12.3.